The van der Waals surface area contributed by atoms with Crippen molar-refractivity contribution in [2.45, 2.75) is 19.4 Å². The normalized spacial score (nSPS) is 11.2. The molecule has 2 rings (SSSR count). The van der Waals surface area contributed by atoms with Gasteiger partial charge in [-0.1, -0.05) is 30.3 Å². The second-order valence-corrected chi connectivity index (χ2v) is 8.44. The van der Waals surface area contributed by atoms with E-state index in [2.05, 4.69) is 22.4 Å². The number of carbonyl (C=O) groups excluding carboxylic acids is 1. The van der Waals surface area contributed by atoms with Crippen LogP contribution in [0.4, 0.5) is 0 Å². The summed E-state index contributed by atoms with van der Waals surface area (Å²) in [5.41, 5.74) is 1.41. The Kier molecular flexibility index (Phi) is 9.17. The van der Waals surface area contributed by atoms with Crippen LogP contribution >= 0.6 is 23.7 Å². The first-order chi connectivity index (χ1) is 11.9. The summed E-state index contributed by atoms with van der Waals surface area (Å²) in [6.07, 6.45) is 2.01. The number of halogens is 1. The number of hydrogen-bond acceptors (Lipinski definition) is 6. The van der Waals surface area contributed by atoms with Crippen molar-refractivity contribution in [3.05, 3.63) is 52.0 Å². The SMILES string of the molecule is CN(C)S(=O)(=O)NC(=O)c1csc(CNCCCc2ccccc2)n1.Cl. The third-order valence-electron chi connectivity index (χ3n) is 3.42. The fourth-order valence-corrected chi connectivity index (χ4v) is 3.28. The molecular weight excluding hydrogens is 396 g/mol. The van der Waals surface area contributed by atoms with E-state index in [1.54, 1.807) is 5.38 Å². The lowest BCUT2D eigenvalue weighted by atomic mass is 10.1. The molecule has 0 aliphatic heterocycles. The van der Waals surface area contributed by atoms with Crippen LogP contribution < -0.4 is 10.0 Å². The van der Waals surface area contributed by atoms with Gasteiger partial charge in [-0.2, -0.15) is 12.7 Å². The molecule has 0 saturated heterocycles. The minimum Gasteiger partial charge on any atom is -0.310 e. The van der Waals surface area contributed by atoms with Crippen LogP contribution in [0.1, 0.15) is 27.5 Å². The highest BCUT2D eigenvalue weighted by molar-refractivity contribution is 7.87. The molecule has 0 bridgehead atoms. The van der Waals surface area contributed by atoms with Crippen molar-refractivity contribution in [2.75, 3.05) is 20.6 Å². The molecular formula is C16H23ClN4O3S2. The molecule has 0 spiro atoms. The molecule has 1 aromatic carbocycles. The maximum atomic E-state index is 11.9. The van der Waals surface area contributed by atoms with Crippen LogP contribution in [0.3, 0.4) is 0 Å². The zero-order chi connectivity index (χ0) is 18.3. The van der Waals surface area contributed by atoms with E-state index in [-0.39, 0.29) is 18.1 Å². The summed E-state index contributed by atoms with van der Waals surface area (Å²) >= 11 is 1.32. The van der Waals surface area contributed by atoms with Gasteiger partial charge in [-0.05, 0) is 24.9 Å². The van der Waals surface area contributed by atoms with Gasteiger partial charge >= 0.3 is 10.2 Å². The Hall–Kier alpha value is -1.52. The lowest BCUT2D eigenvalue weighted by molar-refractivity contribution is 0.0975. The molecule has 10 heteroatoms. The van der Waals surface area contributed by atoms with Crippen LogP contribution in [0.25, 0.3) is 0 Å². The van der Waals surface area contributed by atoms with Gasteiger partial charge in [0.2, 0.25) is 0 Å². The standard InChI is InChI=1S/C16H22N4O3S2.ClH/c1-20(2)25(22,23)19-16(21)14-12-24-15(18-14)11-17-10-6-9-13-7-4-3-5-8-13;/h3-5,7-8,12,17H,6,9-11H2,1-2H3,(H,19,21);1H. The number of carbonyl (C=O) groups is 1. The Balaban J connectivity index is 0.00000338. The molecule has 26 heavy (non-hydrogen) atoms. The fraction of sp³-hybridized carbons (Fsp3) is 0.375. The highest BCUT2D eigenvalue weighted by atomic mass is 35.5. The van der Waals surface area contributed by atoms with Gasteiger partial charge in [0.1, 0.15) is 10.7 Å². The first kappa shape index (κ1) is 22.5. The number of nitrogens with zero attached hydrogens (tertiary/aromatic N) is 2. The van der Waals surface area contributed by atoms with Crippen LogP contribution in [0.15, 0.2) is 35.7 Å². The zero-order valence-corrected chi connectivity index (χ0v) is 17.1. The summed E-state index contributed by atoms with van der Waals surface area (Å²) in [5, 5.41) is 5.58. The number of thiazole rings is 1. The first-order valence-corrected chi connectivity index (χ1v) is 10.1. The van der Waals surface area contributed by atoms with E-state index in [9.17, 15) is 13.2 Å². The number of amides is 1. The molecule has 1 heterocycles. The number of nitrogens with one attached hydrogen (secondary N) is 2. The van der Waals surface area contributed by atoms with Crippen LogP contribution in [-0.2, 0) is 23.2 Å². The van der Waals surface area contributed by atoms with Crippen molar-refractivity contribution in [3.8, 4) is 0 Å². The maximum Gasteiger partial charge on any atom is 0.303 e. The molecule has 0 aliphatic rings. The van der Waals surface area contributed by atoms with Gasteiger partial charge in [0.15, 0.2) is 0 Å². The molecule has 1 aromatic heterocycles. The van der Waals surface area contributed by atoms with E-state index in [4.69, 9.17) is 0 Å². The maximum absolute atomic E-state index is 11.9. The average Bonchev–Trinajstić information content (AvgIpc) is 3.04. The zero-order valence-electron chi connectivity index (χ0n) is 14.6. The summed E-state index contributed by atoms with van der Waals surface area (Å²) in [7, 11) is -1.11. The highest BCUT2D eigenvalue weighted by Gasteiger charge is 2.20. The topological polar surface area (TPSA) is 91.4 Å². The van der Waals surface area contributed by atoms with E-state index >= 15 is 0 Å². The van der Waals surface area contributed by atoms with Gasteiger partial charge in [-0.15, -0.1) is 23.7 Å². The number of benzene rings is 1. The minimum atomic E-state index is -3.80. The summed E-state index contributed by atoms with van der Waals surface area (Å²) in [6.45, 7) is 1.39. The van der Waals surface area contributed by atoms with E-state index < -0.39 is 16.1 Å². The Morgan fingerprint density at radius 1 is 1.23 bits per heavy atom. The Bertz CT molecular complexity index is 795. The van der Waals surface area contributed by atoms with E-state index in [0.29, 0.717) is 6.54 Å². The summed E-state index contributed by atoms with van der Waals surface area (Å²) in [4.78, 5) is 16.1. The highest BCUT2D eigenvalue weighted by Crippen LogP contribution is 2.10. The third kappa shape index (κ3) is 7.00. The summed E-state index contributed by atoms with van der Waals surface area (Å²) in [5.74, 6) is -0.722. The molecule has 0 saturated carbocycles. The minimum absolute atomic E-state index is 0. The third-order valence-corrected chi connectivity index (χ3v) is 5.68. The largest absolute Gasteiger partial charge is 0.310 e. The van der Waals surface area contributed by atoms with E-state index in [1.165, 1.54) is 31.0 Å². The van der Waals surface area contributed by atoms with Crippen molar-refractivity contribution < 1.29 is 13.2 Å². The Labute approximate surface area is 164 Å². The molecule has 2 N–H and O–H groups in total. The second kappa shape index (κ2) is 10.6. The molecule has 2 aromatic rings. The van der Waals surface area contributed by atoms with Gasteiger partial charge in [0, 0.05) is 26.0 Å². The predicted molar refractivity (Wildman–Crippen MR) is 106 cm³/mol. The fourth-order valence-electron chi connectivity index (χ4n) is 2.01. The van der Waals surface area contributed by atoms with Gasteiger partial charge in [0.25, 0.3) is 5.91 Å². The molecule has 7 nitrogen and oxygen atoms in total. The average molecular weight is 419 g/mol. The van der Waals surface area contributed by atoms with Crippen LogP contribution in [0.2, 0.25) is 0 Å². The second-order valence-electron chi connectivity index (χ2n) is 5.61. The van der Waals surface area contributed by atoms with Crippen LogP contribution in [0.5, 0.6) is 0 Å². The molecule has 1 amide bonds. The van der Waals surface area contributed by atoms with Gasteiger partial charge in [-0.3, -0.25) is 4.79 Å². The molecule has 0 radical (unpaired) electrons. The number of rotatable bonds is 9. The quantitative estimate of drug-likeness (QED) is 0.606. The van der Waals surface area contributed by atoms with E-state index in [1.807, 2.05) is 22.9 Å². The van der Waals surface area contributed by atoms with Crippen LogP contribution in [0, 0.1) is 0 Å². The molecule has 0 aliphatic carbocycles. The van der Waals surface area contributed by atoms with Crippen molar-refractivity contribution in [1.29, 1.82) is 0 Å². The monoisotopic (exact) mass is 418 g/mol. The predicted octanol–water partition coefficient (Wildman–Crippen LogP) is 1.82. The number of aryl methyl sites for hydroxylation is 1. The van der Waals surface area contributed by atoms with Crippen molar-refractivity contribution in [1.82, 2.24) is 19.3 Å². The molecule has 144 valence electrons. The Morgan fingerprint density at radius 2 is 1.92 bits per heavy atom. The number of hydrogen-bond donors (Lipinski definition) is 2. The van der Waals surface area contributed by atoms with Gasteiger partial charge in [0.05, 0.1) is 0 Å². The van der Waals surface area contributed by atoms with E-state index in [0.717, 1.165) is 28.7 Å². The summed E-state index contributed by atoms with van der Waals surface area (Å²) in [6, 6.07) is 10.3. The number of aromatic nitrogens is 1. The van der Waals surface area contributed by atoms with Crippen LogP contribution in [-0.4, -0.2) is 44.3 Å². The summed E-state index contributed by atoms with van der Waals surface area (Å²) < 4.78 is 26.2. The molecule has 0 atom stereocenters. The van der Waals surface area contributed by atoms with Crippen molar-refractivity contribution in [3.63, 3.8) is 0 Å². The van der Waals surface area contributed by atoms with Crippen molar-refractivity contribution >= 4 is 39.9 Å². The van der Waals surface area contributed by atoms with Crippen molar-refractivity contribution in [2.24, 2.45) is 0 Å². The first-order valence-electron chi connectivity index (χ1n) is 7.82. The lowest BCUT2D eigenvalue weighted by Crippen LogP contribution is -2.39. The molecule has 0 fully saturated rings. The molecule has 0 unspecified atom stereocenters. The van der Waals surface area contributed by atoms with Gasteiger partial charge < -0.3 is 5.32 Å². The lowest BCUT2D eigenvalue weighted by Gasteiger charge is -2.10. The Morgan fingerprint density at radius 3 is 2.58 bits per heavy atom. The smallest absolute Gasteiger partial charge is 0.303 e. The van der Waals surface area contributed by atoms with Gasteiger partial charge in [-0.25, -0.2) is 9.71 Å².